The largest absolute Gasteiger partial charge is 0.434 e. The number of hydrogen-bond donors (Lipinski definition) is 1. The van der Waals surface area contributed by atoms with Crippen molar-refractivity contribution in [3.8, 4) is 5.75 Å². The van der Waals surface area contributed by atoms with Crippen LogP contribution < -0.4 is 10.1 Å². The fraction of sp³-hybridized carbons (Fsp3) is 0.462. The van der Waals surface area contributed by atoms with Gasteiger partial charge in [0.2, 0.25) is 0 Å². The topological polar surface area (TPSA) is 41.6 Å². The van der Waals surface area contributed by atoms with E-state index in [1.807, 2.05) is 6.92 Å². The first-order valence-electron chi connectivity index (χ1n) is 6.24. The highest BCUT2D eigenvalue weighted by atomic mass is 79.9. The Morgan fingerprint density at radius 3 is 2.95 bits per heavy atom. The third kappa shape index (κ3) is 3.67. The first kappa shape index (κ1) is 15.2. The van der Waals surface area contributed by atoms with E-state index < -0.39 is 6.61 Å². The molecule has 1 aliphatic rings. The van der Waals surface area contributed by atoms with Crippen LogP contribution in [0.2, 0.25) is 0 Å². The number of amides is 1. The van der Waals surface area contributed by atoms with Crippen molar-refractivity contribution in [3.63, 3.8) is 0 Å². The van der Waals surface area contributed by atoms with Crippen molar-refractivity contribution in [1.82, 2.24) is 10.2 Å². The third-order valence-corrected chi connectivity index (χ3v) is 3.54. The number of alkyl halides is 2. The van der Waals surface area contributed by atoms with Gasteiger partial charge in [-0.25, -0.2) is 0 Å². The van der Waals surface area contributed by atoms with Crippen LogP contribution >= 0.6 is 15.9 Å². The van der Waals surface area contributed by atoms with Crippen LogP contribution in [0.15, 0.2) is 22.7 Å². The lowest BCUT2D eigenvalue weighted by atomic mass is 10.1. The molecule has 0 unspecified atom stereocenters. The van der Waals surface area contributed by atoms with Crippen molar-refractivity contribution in [2.45, 2.75) is 19.6 Å². The van der Waals surface area contributed by atoms with Crippen LogP contribution in [0.4, 0.5) is 8.78 Å². The van der Waals surface area contributed by atoms with Crippen LogP contribution in [0.25, 0.3) is 0 Å². The van der Waals surface area contributed by atoms with E-state index in [4.69, 9.17) is 0 Å². The highest BCUT2D eigenvalue weighted by molar-refractivity contribution is 9.10. The molecule has 1 atom stereocenters. The van der Waals surface area contributed by atoms with E-state index in [-0.39, 0.29) is 23.3 Å². The summed E-state index contributed by atoms with van der Waals surface area (Å²) in [5.41, 5.74) is 0.155. The molecule has 1 aliphatic heterocycles. The van der Waals surface area contributed by atoms with Gasteiger partial charge >= 0.3 is 6.61 Å². The second-order valence-corrected chi connectivity index (χ2v) is 5.54. The van der Waals surface area contributed by atoms with E-state index in [1.54, 1.807) is 11.0 Å². The zero-order valence-corrected chi connectivity index (χ0v) is 12.5. The number of rotatable bonds is 3. The van der Waals surface area contributed by atoms with Gasteiger partial charge in [0, 0.05) is 30.1 Å². The first-order valence-corrected chi connectivity index (χ1v) is 7.03. The van der Waals surface area contributed by atoms with Crippen LogP contribution in [0, 0.1) is 0 Å². The van der Waals surface area contributed by atoms with Gasteiger partial charge in [0.1, 0.15) is 5.75 Å². The van der Waals surface area contributed by atoms with E-state index in [1.165, 1.54) is 12.1 Å². The minimum atomic E-state index is -2.96. The van der Waals surface area contributed by atoms with Gasteiger partial charge in [-0.05, 0) is 25.1 Å². The average molecular weight is 349 g/mol. The Hall–Kier alpha value is -1.21. The number of nitrogens with zero attached hydrogens (tertiary/aromatic N) is 1. The van der Waals surface area contributed by atoms with E-state index in [0.717, 1.165) is 0 Å². The average Bonchev–Trinajstić information content (AvgIpc) is 2.37. The number of hydrogen-bond acceptors (Lipinski definition) is 3. The molecule has 0 spiro atoms. The lowest BCUT2D eigenvalue weighted by Gasteiger charge is -2.32. The SMILES string of the molecule is C[C@H]1CN(C(=O)c2ccc(Br)cc2OC(F)F)CCN1. The molecular weight excluding hydrogens is 334 g/mol. The quantitative estimate of drug-likeness (QED) is 0.912. The number of carbonyl (C=O) groups is 1. The first-order chi connectivity index (χ1) is 9.47. The smallest absolute Gasteiger partial charge is 0.387 e. The van der Waals surface area contributed by atoms with Gasteiger partial charge in [0.15, 0.2) is 0 Å². The second kappa shape index (κ2) is 6.49. The molecule has 1 heterocycles. The summed E-state index contributed by atoms with van der Waals surface area (Å²) >= 11 is 3.18. The van der Waals surface area contributed by atoms with Crippen LogP contribution in [0.3, 0.4) is 0 Å². The monoisotopic (exact) mass is 348 g/mol. The summed E-state index contributed by atoms with van der Waals surface area (Å²) in [6, 6.07) is 4.70. The standard InChI is InChI=1S/C13H15BrF2N2O2/c1-8-7-18(5-4-17-8)12(19)10-3-2-9(14)6-11(10)20-13(15)16/h2-3,6,8,13,17H,4-5,7H2,1H3/t8-/m0/s1. The molecule has 0 aromatic heterocycles. The van der Waals surface area contributed by atoms with Gasteiger partial charge in [-0.3, -0.25) is 4.79 Å². The van der Waals surface area contributed by atoms with E-state index in [0.29, 0.717) is 24.1 Å². The molecule has 1 amide bonds. The number of benzene rings is 1. The minimum Gasteiger partial charge on any atom is -0.434 e. The summed E-state index contributed by atoms with van der Waals surface area (Å²) in [6.07, 6.45) is 0. The molecule has 1 N–H and O–H groups in total. The molecule has 1 saturated heterocycles. The maximum atomic E-state index is 12.4. The zero-order valence-electron chi connectivity index (χ0n) is 10.9. The van der Waals surface area contributed by atoms with Gasteiger partial charge in [-0.15, -0.1) is 0 Å². The van der Waals surface area contributed by atoms with Gasteiger partial charge in [0.25, 0.3) is 5.91 Å². The number of nitrogens with one attached hydrogen (secondary N) is 1. The van der Waals surface area contributed by atoms with Crippen molar-refractivity contribution in [1.29, 1.82) is 0 Å². The molecule has 0 aliphatic carbocycles. The lowest BCUT2D eigenvalue weighted by molar-refractivity contribution is -0.0503. The number of ether oxygens (including phenoxy) is 1. The minimum absolute atomic E-state index is 0.106. The molecule has 1 aromatic carbocycles. The summed E-state index contributed by atoms with van der Waals surface area (Å²) in [5, 5.41) is 3.22. The van der Waals surface area contributed by atoms with Crippen LogP contribution in [0.5, 0.6) is 5.75 Å². The summed E-state index contributed by atoms with van der Waals surface area (Å²) in [5.74, 6) is -0.396. The lowest BCUT2D eigenvalue weighted by Crippen LogP contribution is -2.51. The van der Waals surface area contributed by atoms with Crippen molar-refractivity contribution in [3.05, 3.63) is 28.2 Å². The second-order valence-electron chi connectivity index (χ2n) is 4.63. The Bertz CT molecular complexity index is 499. The molecule has 7 heteroatoms. The van der Waals surface area contributed by atoms with E-state index in [2.05, 4.69) is 26.0 Å². The summed E-state index contributed by atoms with van der Waals surface area (Å²) < 4.78 is 29.9. The van der Waals surface area contributed by atoms with Crippen LogP contribution in [-0.2, 0) is 0 Å². The Labute approximate surface area is 124 Å². The van der Waals surface area contributed by atoms with Crippen molar-refractivity contribution in [2.75, 3.05) is 19.6 Å². The highest BCUT2D eigenvalue weighted by Gasteiger charge is 2.25. The molecular formula is C13H15BrF2N2O2. The van der Waals surface area contributed by atoms with E-state index >= 15 is 0 Å². The Morgan fingerprint density at radius 2 is 2.30 bits per heavy atom. The Morgan fingerprint density at radius 1 is 1.55 bits per heavy atom. The molecule has 0 saturated carbocycles. The molecule has 110 valence electrons. The molecule has 1 aromatic rings. The summed E-state index contributed by atoms with van der Waals surface area (Å²) in [7, 11) is 0. The predicted molar refractivity (Wildman–Crippen MR) is 74.1 cm³/mol. The molecule has 0 radical (unpaired) electrons. The summed E-state index contributed by atoms with van der Waals surface area (Å²) in [4.78, 5) is 14.1. The number of piperazine rings is 1. The normalized spacial score (nSPS) is 19.2. The van der Waals surface area contributed by atoms with Gasteiger partial charge in [0.05, 0.1) is 5.56 Å². The van der Waals surface area contributed by atoms with Crippen LogP contribution in [0.1, 0.15) is 17.3 Å². The predicted octanol–water partition coefficient (Wildman–Crippen LogP) is 2.48. The maximum absolute atomic E-state index is 12.4. The molecule has 0 bridgehead atoms. The van der Waals surface area contributed by atoms with E-state index in [9.17, 15) is 13.6 Å². The van der Waals surface area contributed by atoms with Gasteiger partial charge < -0.3 is 15.0 Å². The molecule has 20 heavy (non-hydrogen) atoms. The molecule has 2 rings (SSSR count). The maximum Gasteiger partial charge on any atom is 0.387 e. The number of halogens is 3. The van der Waals surface area contributed by atoms with Crippen molar-refractivity contribution in [2.24, 2.45) is 0 Å². The van der Waals surface area contributed by atoms with Crippen LogP contribution in [-0.4, -0.2) is 43.1 Å². The fourth-order valence-electron chi connectivity index (χ4n) is 2.15. The zero-order chi connectivity index (χ0) is 14.7. The highest BCUT2D eigenvalue weighted by Crippen LogP contribution is 2.26. The fourth-order valence-corrected chi connectivity index (χ4v) is 2.49. The summed E-state index contributed by atoms with van der Waals surface area (Å²) in [6.45, 7) is 0.792. The van der Waals surface area contributed by atoms with Crippen molar-refractivity contribution < 1.29 is 18.3 Å². The third-order valence-electron chi connectivity index (χ3n) is 3.05. The molecule has 1 fully saturated rings. The Balaban J connectivity index is 2.24. The number of carbonyl (C=O) groups excluding carboxylic acids is 1. The Kier molecular flexibility index (Phi) is 4.93. The van der Waals surface area contributed by atoms with Gasteiger partial charge in [-0.2, -0.15) is 8.78 Å². The van der Waals surface area contributed by atoms with Gasteiger partial charge in [-0.1, -0.05) is 15.9 Å². The molecule has 4 nitrogen and oxygen atoms in total. The van der Waals surface area contributed by atoms with Crippen molar-refractivity contribution >= 4 is 21.8 Å².